The van der Waals surface area contributed by atoms with Crippen LogP contribution >= 0.6 is 0 Å². The summed E-state index contributed by atoms with van der Waals surface area (Å²) in [5, 5.41) is 108. The predicted octanol–water partition coefficient (Wildman–Crippen LogP) is 0.157. The lowest BCUT2D eigenvalue weighted by Crippen LogP contribution is -2.52. The van der Waals surface area contributed by atoms with E-state index in [-0.39, 0.29) is 61.9 Å². The summed E-state index contributed by atoms with van der Waals surface area (Å²) in [6.07, 6.45) is -0.507. The molecule has 0 bridgehead atoms. The highest BCUT2D eigenvalue weighted by Crippen LogP contribution is 2.38. The first-order chi connectivity index (χ1) is 24.5. The lowest BCUT2D eigenvalue weighted by atomic mass is 10.0. The topological polar surface area (TPSA) is 345 Å². The second-order valence-electron chi connectivity index (χ2n) is 11.7. The van der Waals surface area contributed by atoms with Gasteiger partial charge in [-0.2, -0.15) is 0 Å². The minimum Gasteiger partial charge on any atom is -0.504 e. The average Bonchev–Trinajstić information content (AvgIpc) is 3.09. The molecule has 4 amide bonds. The summed E-state index contributed by atoms with van der Waals surface area (Å²) < 4.78 is 0. The number of unbranched alkanes of at least 4 members (excludes halogenated alkanes) is 2. The number of aliphatic hydroxyl groups is 1. The maximum atomic E-state index is 13.4. The van der Waals surface area contributed by atoms with Gasteiger partial charge in [-0.1, -0.05) is 0 Å². The molecule has 1 unspecified atom stereocenters. The molecule has 19 nitrogen and oxygen atoms in total. The maximum Gasteiger partial charge on any atom is 0.251 e. The molecule has 16 N–H and O–H groups in total. The van der Waals surface area contributed by atoms with E-state index in [0.717, 1.165) is 36.4 Å². The Labute approximate surface area is 295 Å². The number of hydrogen-bond acceptors (Lipinski definition) is 15. The molecule has 0 aliphatic rings. The Kier molecular flexibility index (Phi) is 13.9. The van der Waals surface area contributed by atoms with E-state index in [1.54, 1.807) is 0 Å². The smallest absolute Gasteiger partial charge is 0.251 e. The van der Waals surface area contributed by atoms with Crippen molar-refractivity contribution in [2.24, 2.45) is 5.73 Å². The van der Waals surface area contributed by atoms with Gasteiger partial charge in [0.1, 0.15) is 12.3 Å². The van der Waals surface area contributed by atoms with Gasteiger partial charge >= 0.3 is 0 Å². The Balaban J connectivity index is 1.59. The highest BCUT2D eigenvalue weighted by Gasteiger charge is 2.27. The minimum atomic E-state index is -1.67. The lowest BCUT2D eigenvalue weighted by molar-refractivity contribution is -0.129. The third-order valence-corrected chi connectivity index (χ3v) is 7.82. The first-order valence-corrected chi connectivity index (χ1v) is 15.8. The molecule has 0 aromatic heterocycles. The highest BCUT2D eigenvalue weighted by molar-refractivity contribution is 5.96. The van der Waals surface area contributed by atoms with Gasteiger partial charge < -0.3 is 72.7 Å². The molecule has 0 heterocycles. The number of amides is 4. The quantitative estimate of drug-likeness (QED) is 0.0470. The number of phenols is 9. The third kappa shape index (κ3) is 10.8. The van der Waals surface area contributed by atoms with Crippen LogP contribution in [0.3, 0.4) is 0 Å². The molecule has 3 aromatic rings. The molecule has 0 saturated heterocycles. The SMILES string of the molecule is NC(=O)[C@@H](CCCCNC(=O)c1cc(O)c(O)c(O)c1)NC(=O)[C@@H](CCCCNC(=O)c1cc(O)c(O)c(O)c1)NC(O)c1cc(O)c(O)c(O)c1. The number of rotatable bonds is 18. The number of carbonyl (C=O) groups is 4. The fraction of sp³-hybridized carbons (Fsp3) is 0.333. The van der Waals surface area contributed by atoms with Crippen molar-refractivity contribution in [3.8, 4) is 51.7 Å². The molecule has 3 aromatic carbocycles. The molecule has 19 heteroatoms. The van der Waals surface area contributed by atoms with E-state index in [1.165, 1.54) is 0 Å². The number of hydrogen-bond donors (Lipinski definition) is 15. The van der Waals surface area contributed by atoms with E-state index in [0.29, 0.717) is 6.42 Å². The first-order valence-electron chi connectivity index (χ1n) is 15.8. The van der Waals surface area contributed by atoms with Crippen molar-refractivity contribution in [2.45, 2.75) is 56.8 Å². The van der Waals surface area contributed by atoms with Crippen molar-refractivity contribution < 1.29 is 70.2 Å². The molecule has 3 rings (SSSR count). The molecule has 0 radical (unpaired) electrons. The van der Waals surface area contributed by atoms with Gasteiger partial charge in [0.2, 0.25) is 11.8 Å². The summed E-state index contributed by atoms with van der Waals surface area (Å²) >= 11 is 0. The lowest BCUT2D eigenvalue weighted by Gasteiger charge is -2.25. The van der Waals surface area contributed by atoms with Crippen LogP contribution in [0.5, 0.6) is 51.7 Å². The maximum absolute atomic E-state index is 13.4. The van der Waals surface area contributed by atoms with Gasteiger partial charge in [0.25, 0.3) is 11.8 Å². The first kappa shape index (κ1) is 40.1. The zero-order valence-electron chi connectivity index (χ0n) is 27.5. The molecule has 52 heavy (non-hydrogen) atoms. The summed E-state index contributed by atoms with van der Waals surface area (Å²) in [5.41, 5.74) is 5.15. The van der Waals surface area contributed by atoms with Crippen molar-refractivity contribution >= 4 is 23.6 Å². The van der Waals surface area contributed by atoms with Crippen LogP contribution < -0.4 is 27.0 Å². The van der Waals surface area contributed by atoms with E-state index in [1.807, 2.05) is 0 Å². The number of primary amides is 1. The van der Waals surface area contributed by atoms with Crippen LogP contribution in [-0.2, 0) is 9.59 Å². The van der Waals surface area contributed by atoms with Gasteiger partial charge in [0, 0.05) is 29.8 Å². The zero-order valence-corrected chi connectivity index (χ0v) is 27.5. The molecule has 0 aliphatic carbocycles. The fourth-order valence-corrected chi connectivity index (χ4v) is 4.94. The summed E-state index contributed by atoms with van der Waals surface area (Å²) in [7, 11) is 0. The molecule has 0 fully saturated rings. The van der Waals surface area contributed by atoms with E-state index in [9.17, 15) is 70.2 Å². The number of aromatic hydroxyl groups is 9. The van der Waals surface area contributed by atoms with Crippen LogP contribution in [0.25, 0.3) is 0 Å². The molecule has 3 atom stereocenters. The van der Waals surface area contributed by atoms with E-state index in [2.05, 4.69) is 21.3 Å². The Morgan fingerprint density at radius 2 is 0.923 bits per heavy atom. The summed E-state index contributed by atoms with van der Waals surface area (Å²) in [4.78, 5) is 50.4. The van der Waals surface area contributed by atoms with E-state index in [4.69, 9.17) is 5.73 Å². The number of nitrogens with two attached hydrogens (primary N) is 1. The van der Waals surface area contributed by atoms with Crippen molar-refractivity contribution in [1.29, 1.82) is 0 Å². The fourth-order valence-electron chi connectivity index (χ4n) is 4.94. The standard InChI is InChI=1S/C33H41N5O14/c34-29(48)18(5-1-3-7-35-30(49)15-9-20(39)26(45)21(40)10-15)37-33(52)19(38-32(51)17-13-24(43)28(47)25(44)14-17)6-2-4-8-36-31(50)16-11-22(41)27(46)23(42)12-16/h9-14,18-19,32,38-47,51H,1-8H2,(H2,34,48)(H,35,49)(H,36,50)(H,37,52)/t18-,19-,32?/m1/s1. The minimum absolute atomic E-state index is 0.00940. The molecule has 0 aliphatic heterocycles. The monoisotopic (exact) mass is 731 g/mol. The van der Waals surface area contributed by atoms with E-state index >= 15 is 0 Å². The van der Waals surface area contributed by atoms with Crippen molar-refractivity contribution in [2.75, 3.05) is 13.1 Å². The molecular formula is C33H41N5O14. The van der Waals surface area contributed by atoms with Crippen LogP contribution in [0.2, 0.25) is 0 Å². The Morgan fingerprint density at radius 1 is 0.558 bits per heavy atom. The summed E-state index contributed by atoms with van der Waals surface area (Å²) in [6, 6.07) is 3.34. The third-order valence-electron chi connectivity index (χ3n) is 7.82. The Hall–Kier alpha value is -6.34. The normalized spacial score (nSPS) is 12.7. The van der Waals surface area contributed by atoms with Crippen molar-refractivity contribution in [3.63, 3.8) is 0 Å². The van der Waals surface area contributed by atoms with Crippen molar-refractivity contribution in [3.05, 3.63) is 53.1 Å². The van der Waals surface area contributed by atoms with Gasteiger partial charge in [-0.25, -0.2) is 0 Å². The van der Waals surface area contributed by atoms with Crippen LogP contribution in [0.1, 0.15) is 71.0 Å². The highest BCUT2D eigenvalue weighted by atomic mass is 16.3. The Morgan fingerprint density at radius 3 is 1.31 bits per heavy atom. The van der Waals surface area contributed by atoms with Gasteiger partial charge in [-0.15, -0.1) is 0 Å². The van der Waals surface area contributed by atoms with Crippen LogP contribution in [0.4, 0.5) is 0 Å². The molecule has 0 saturated carbocycles. The van der Waals surface area contributed by atoms with Crippen molar-refractivity contribution in [1.82, 2.24) is 21.3 Å². The van der Waals surface area contributed by atoms with E-state index < -0.39 is 93.7 Å². The summed E-state index contributed by atoms with van der Waals surface area (Å²) in [5.74, 6) is -9.64. The van der Waals surface area contributed by atoms with Gasteiger partial charge in [0.05, 0.1) is 6.04 Å². The van der Waals surface area contributed by atoms with Gasteiger partial charge in [-0.05, 0) is 74.9 Å². The number of phenolic OH excluding ortho intramolecular Hbond substituents is 9. The van der Waals surface area contributed by atoms with Gasteiger partial charge in [-0.3, -0.25) is 24.5 Å². The number of aliphatic hydroxyl groups excluding tert-OH is 1. The second-order valence-corrected chi connectivity index (χ2v) is 11.7. The van der Waals surface area contributed by atoms with Gasteiger partial charge in [0.15, 0.2) is 51.7 Å². The molecule has 0 spiro atoms. The number of carbonyl (C=O) groups excluding carboxylic acids is 4. The largest absolute Gasteiger partial charge is 0.504 e. The number of nitrogens with one attached hydrogen (secondary N) is 4. The van der Waals surface area contributed by atoms with Crippen LogP contribution in [-0.4, -0.2) is 99.9 Å². The molecule has 282 valence electrons. The van der Waals surface area contributed by atoms with Crippen LogP contribution in [0.15, 0.2) is 36.4 Å². The van der Waals surface area contributed by atoms with Crippen LogP contribution in [0, 0.1) is 0 Å². The average molecular weight is 732 g/mol. The second kappa shape index (κ2) is 18.1. The predicted molar refractivity (Wildman–Crippen MR) is 180 cm³/mol. The number of benzene rings is 3. The zero-order chi connectivity index (χ0) is 38.7. The summed E-state index contributed by atoms with van der Waals surface area (Å²) in [6.45, 7) is 0.155. The Bertz CT molecular complexity index is 1720. The molecular weight excluding hydrogens is 690 g/mol.